The van der Waals surface area contributed by atoms with Gasteiger partial charge in [0.2, 0.25) is 0 Å². The van der Waals surface area contributed by atoms with Gasteiger partial charge in [-0.1, -0.05) is 30.0 Å². The molecule has 182 valence electrons. The van der Waals surface area contributed by atoms with Crippen LogP contribution in [0.5, 0.6) is 0 Å². The molecule has 0 bridgehead atoms. The number of nitrogens with zero attached hydrogens (tertiary/aromatic N) is 1. The van der Waals surface area contributed by atoms with Crippen LogP contribution in [0.3, 0.4) is 0 Å². The number of aryl methyl sites for hydroxylation is 1. The lowest BCUT2D eigenvalue weighted by atomic mass is 10.1. The lowest BCUT2D eigenvalue weighted by molar-refractivity contribution is -0.201. The summed E-state index contributed by atoms with van der Waals surface area (Å²) >= 11 is 0. The van der Waals surface area contributed by atoms with Crippen LogP contribution in [0, 0.1) is 17.7 Å². The third-order valence-corrected chi connectivity index (χ3v) is 7.77. The molecule has 1 N–H and O–H groups in total. The van der Waals surface area contributed by atoms with Gasteiger partial charge in [-0.15, -0.1) is 0 Å². The van der Waals surface area contributed by atoms with Gasteiger partial charge in [-0.25, -0.2) is 23.1 Å². The Kier molecular flexibility index (Phi) is 8.25. The molecule has 10 heteroatoms. The number of nitrogens with one attached hydrogen (secondary N) is 1. The smallest absolute Gasteiger partial charge is 0.264 e. The number of pyridine rings is 1. The van der Waals surface area contributed by atoms with Crippen molar-refractivity contribution in [3.8, 4) is 11.8 Å². The first-order valence-electron chi connectivity index (χ1n) is 10.8. The third kappa shape index (κ3) is 6.32. The van der Waals surface area contributed by atoms with Crippen molar-refractivity contribution in [3.63, 3.8) is 0 Å². The Labute approximate surface area is 198 Å². The maximum absolute atomic E-state index is 14.6. The van der Waals surface area contributed by atoms with Crippen LogP contribution in [-0.2, 0) is 30.8 Å². The highest BCUT2D eigenvalue weighted by atomic mass is 32.2. The predicted molar refractivity (Wildman–Crippen MR) is 124 cm³/mol. The fourth-order valence-electron chi connectivity index (χ4n) is 3.31. The van der Waals surface area contributed by atoms with Crippen LogP contribution >= 0.6 is 0 Å². The lowest BCUT2D eigenvalue weighted by Crippen LogP contribution is -2.51. The topological polar surface area (TPSA) is 104 Å². The van der Waals surface area contributed by atoms with Crippen molar-refractivity contribution in [1.29, 1.82) is 0 Å². The molecule has 1 aromatic heterocycles. The fourth-order valence-corrected chi connectivity index (χ4v) is 4.15. The van der Waals surface area contributed by atoms with E-state index in [-0.39, 0.29) is 18.5 Å². The molecule has 34 heavy (non-hydrogen) atoms. The summed E-state index contributed by atoms with van der Waals surface area (Å²) < 4.78 is 44.0. The van der Waals surface area contributed by atoms with Crippen LogP contribution in [0.2, 0.25) is 0 Å². The predicted octanol–water partition coefficient (Wildman–Crippen LogP) is 2.16. The Balaban J connectivity index is 1.73. The number of hydrogen-bond acceptors (Lipinski definition) is 6. The first-order chi connectivity index (χ1) is 16.1. The number of benzene rings is 1. The Morgan fingerprint density at radius 3 is 2.68 bits per heavy atom. The molecule has 2 atom stereocenters. The lowest BCUT2D eigenvalue weighted by Gasteiger charge is -2.28. The second-order valence-electron chi connectivity index (χ2n) is 8.28. The van der Waals surface area contributed by atoms with Crippen molar-refractivity contribution < 1.29 is 27.2 Å². The van der Waals surface area contributed by atoms with Crippen LogP contribution < -0.4 is 11.0 Å². The third-order valence-electron chi connectivity index (χ3n) is 5.74. The zero-order chi connectivity index (χ0) is 24.8. The molecule has 1 aromatic carbocycles. The van der Waals surface area contributed by atoms with E-state index in [1.807, 2.05) is 6.07 Å². The molecule has 0 aliphatic carbocycles. The summed E-state index contributed by atoms with van der Waals surface area (Å²) in [7, 11) is -3.92. The standard InChI is InChI=1S/C24H27FN2O6S/c1-24(34(2,30)31,23(29)26-33-22-10-6-7-15-32-22)13-14-27-17-20(25)19(16-21(27)28)12-11-18-8-4-3-5-9-18/h3-5,8-9,16-17,22H,6-7,10,13-15H2,1-2H3,(H,26,29)/t22?,24-/m1/s1. The highest BCUT2D eigenvalue weighted by molar-refractivity contribution is 7.92. The Morgan fingerprint density at radius 1 is 1.29 bits per heavy atom. The zero-order valence-electron chi connectivity index (χ0n) is 19.0. The zero-order valence-corrected chi connectivity index (χ0v) is 19.9. The van der Waals surface area contributed by atoms with E-state index in [4.69, 9.17) is 9.57 Å². The van der Waals surface area contributed by atoms with E-state index in [1.54, 1.807) is 24.3 Å². The van der Waals surface area contributed by atoms with Crippen LogP contribution in [0.15, 0.2) is 47.4 Å². The first kappa shape index (κ1) is 25.6. The van der Waals surface area contributed by atoms with Gasteiger partial charge >= 0.3 is 0 Å². The molecule has 8 nitrogen and oxygen atoms in total. The number of ether oxygens (including phenoxy) is 1. The van der Waals surface area contributed by atoms with Crippen LogP contribution in [-0.4, -0.2) is 42.8 Å². The number of rotatable bonds is 7. The van der Waals surface area contributed by atoms with Gasteiger partial charge in [-0.3, -0.25) is 9.59 Å². The molecule has 0 radical (unpaired) electrons. The van der Waals surface area contributed by atoms with Gasteiger partial charge in [0.25, 0.3) is 11.5 Å². The number of carbonyl (C=O) groups excluding carboxylic acids is 1. The van der Waals surface area contributed by atoms with Gasteiger partial charge < -0.3 is 9.30 Å². The molecule has 0 saturated carbocycles. The Bertz CT molecular complexity index is 1240. The summed E-state index contributed by atoms with van der Waals surface area (Å²) in [6.45, 7) is 1.52. The normalized spacial score (nSPS) is 17.8. The van der Waals surface area contributed by atoms with Crippen LogP contribution in [0.1, 0.15) is 43.7 Å². The number of hydrogen-bond donors (Lipinski definition) is 1. The van der Waals surface area contributed by atoms with E-state index in [1.165, 1.54) is 6.92 Å². The summed E-state index contributed by atoms with van der Waals surface area (Å²) in [5.41, 5.74) is 2.21. The molecule has 0 spiro atoms. The van der Waals surface area contributed by atoms with E-state index in [9.17, 15) is 22.4 Å². The van der Waals surface area contributed by atoms with Gasteiger partial charge in [0.1, 0.15) is 0 Å². The second kappa shape index (κ2) is 11.0. The minimum absolute atomic E-state index is 0.0744. The van der Waals surface area contributed by atoms with Crippen molar-refractivity contribution in [3.05, 3.63) is 69.9 Å². The maximum atomic E-state index is 14.6. The van der Waals surface area contributed by atoms with Gasteiger partial charge in [-0.05, 0) is 38.3 Å². The summed E-state index contributed by atoms with van der Waals surface area (Å²) in [5.74, 6) is 3.80. The number of halogens is 1. The average Bonchev–Trinajstić information content (AvgIpc) is 2.82. The maximum Gasteiger partial charge on any atom is 0.264 e. The molecule has 1 unspecified atom stereocenters. The molecule has 1 amide bonds. The molecular weight excluding hydrogens is 463 g/mol. The number of hydroxylamine groups is 1. The van der Waals surface area contributed by atoms with Crippen LogP contribution in [0.4, 0.5) is 4.39 Å². The van der Waals surface area contributed by atoms with Crippen molar-refractivity contribution in [2.45, 2.75) is 50.2 Å². The average molecular weight is 491 g/mol. The summed E-state index contributed by atoms with van der Waals surface area (Å²) in [5, 5.41) is 0. The minimum atomic E-state index is -3.92. The number of sulfone groups is 1. The van der Waals surface area contributed by atoms with Crippen molar-refractivity contribution in [2.24, 2.45) is 0 Å². The first-order valence-corrected chi connectivity index (χ1v) is 12.7. The molecule has 1 aliphatic rings. The quantitative estimate of drug-likeness (QED) is 0.471. The van der Waals surface area contributed by atoms with Crippen molar-refractivity contribution >= 4 is 15.7 Å². The molecule has 1 aliphatic heterocycles. The van der Waals surface area contributed by atoms with Gasteiger partial charge in [-0.2, -0.15) is 0 Å². The monoisotopic (exact) mass is 490 g/mol. The molecule has 1 fully saturated rings. The minimum Gasteiger partial charge on any atom is -0.350 e. The Hall–Kier alpha value is -3.00. The SMILES string of the molecule is C[C@@](CCn1cc(F)c(C#Cc2ccccc2)cc1=O)(C(=O)NOC1CCCCO1)S(C)(=O)=O. The Morgan fingerprint density at radius 2 is 2.03 bits per heavy atom. The van der Waals surface area contributed by atoms with Crippen molar-refractivity contribution in [2.75, 3.05) is 12.9 Å². The molecule has 2 heterocycles. The number of amides is 1. The largest absolute Gasteiger partial charge is 0.350 e. The van der Waals surface area contributed by atoms with Crippen molar-refractivity contribution in [1.82, 2.24) is 10.0 Å². The van der Waals surface area contributed by atoms with E-state index in [0.29, 0.717) is 18.6 Å². The number of carbonyl (C=O) groups is 1. The highest BCUT2D eigenvalue weighted by Crippen LogP contribution is 2.23. The molecule has 2 aromatic rings. The molecule has 1 saturated heterocycles. The fraction of sp³-hybridized carbons (Fsp3) is 0.417. The molecule has 3 rings (SSSR count). The van der Waals surface area contributed by atoms with E-state index in [0.717, 1.165) is 35.9 Å². The highest BCUT2D eigenvalue weighted by Gasteiger charge is 2.44. The van der Waals surface area contributed by atoms with Gasteiger partial charge in [0, 0.05) is 43.7 Å². The number of aromatic nitrogens is 1. The summed E-state index contributed by atoms with van der Waals surface area (Å²) in [6.07, 6.45) is 3.29. The van der Waals surface area contributed by atoms with E-state index in [2.05, 4.69) is 17.3 Å². The van der Waals surface area contributed by atoms with E-state index < -0.39 is 38.2 Å². The van der Waals surface area contributed by atoms with Gasteiger partial charge in [0.05, 0.1) is 5.56 Å². The van der Waals surface area contributed by atoms with Crippen LogP contribution in [0.25, 0.3) is 0 Å². The summed E-state index contributed by atoms with van der Waals surface area (Å²) in [4.78, 5) is 30.5. The second-order valence-corrected chi connectivity index (χ2v) is 10.7. The summed E-state index contributed by atoms with van der Waals surface area (Å²) in [6, 6.07) is 9.97. The van der Waals surface area contributed by atoms with E-state index >= 15 is 0 Å². The van der Waals surface area contributed by atoms with Gasteiger partial charge in [0.15, 0.2) is 26.7 Å². The molecular formula is C24H27FN2O6S.